The van der Waals surface area contributed by atoms with Crippen LogP contribution in [-0.4, -0.2) is 23.1 Å². The van der Waals surface area contributed by atoms with E-state index < -0.39 is 10.7 Å². The van der Waals surface area contributed by atoms with Gasteiger partial charge in [-0.3, -0.25) is 9.59 Å². The van der Waals surface area contributed by atoms with Crippen LogP contribution in [0.3, 0.4) is 0 Å². The molecule has 0 fully saturated rings. The Balaban J connectivity index is 1.93. The predicted octanol–water partition coefficient (Wildman–Crippen LogP) is 4.85. The summed E-state index contributed by atoms with van der Waals surface area (Å²) in [4.78, 5) is 28.4. The number of hydrogen-bond acceptors (Lipinski definition) is 3. The first-order chi connectivity index (χ1) is 11.9. The van der Waals surface area contributed by atoms with Crippen LogP contribution in [-0.2, 0) is 9.59 Å². The fourth-order valence-electron chi connectivity index (χ4n) is 2.68. The van der Waals surface area contributed by atoms with Gasteiger partial charge in [-0.15, -0.1) is 0 Å². The Labute approximate surface area is 160 Å². The molecule has 0 saturated carbocycles. The third kappa shape index (κ3) is 3.24. The quantitative estimate of drug-likeness (QED) is 0.756. The Bertz CT molecular complexity index is 859. The molecule has 1 N–H and O–H groups in total. The van der Waals surface area contributed by atoms with Crippen LogP contribution in [0.4, 0.5) is 11.4 Å². The van der Waals surface area contributed by atoms with Crippen molar-refractivity contribution in [2.75, 3.05) is 16.8 Å². The molecule has 7 heteroatoms. The van der Waals surface area contributed by atoms with E-state index in [-0.39, 0.29) is 5.91 Å². The second-order valence-corrected chi connectivity index (χ2v) is 8.01. The molecule has 1 unspecified atom stereocenters. The number of hydrogen-bond donors (Lipinski definition) is 1. The minimum atomic E-state index is -1.27. The number of amides is 2. The monoisotopic (exact) mass is 394 g/mol. The minimum Gasteiger partial charge on any atom is -0.324 e. The number of rotatable bonds is 3. The molecule has 4 nitrogen and oxygen atoms in total. The third-order valence-electron chi connectivity index (χ3n) is 4.05. The van der Waals surface area contributed by atoms with Crippen molar-refractivity contribution in [3.05, 3.63) is 52.5 Å². The zero-order chi connectivity index (χ0) is 18.2. The molecule has 1 heterocycles. The first-order valence-corrected chi connectivity index (χ1v) is 9.30. The highest BCUT2D eigenvalue weighted by molar-refractivity contribution is 8.02. The van der Waals surface area contributed by atoms with Crippen molar-refractivity contribution in [2.45, 2.75) is 23.5 Å². The van der Waals surface area contributed by atoms with E-state index in [2.05, 4.69) is 5.32 Å². The molecule has 1 aliphatic rings. The molecular formula is C18H16Cl2N2O2S. The van der Waals surface area contributed by atoms with Crippen LogP contribution in [0.5, 0.6) is 0 Å². The zero-order valence-corrected chi connectivity index (χ0v) is 16.0. The number of halogens is 2. The van der Waals surface area contributed by atoms with Crippen LogP contribution >= 0.6 is 35.0 Å². The highest BCUT2D eigenvalue weighted by atomic mass is 35.5. The number of para-hydroxylation sites is 1. The fourth-order valence-corrected chi connectivity index (χ4v) is 4.19. The van der Waals surface area contributed by atoms with Crippen molar-refractivity contribution < 1.29 is 9.59 Å². The van der Waals surface area contributed by atoms with Gasteiger partial charge in [0.15, 0.2) is 4.75 Å². The SMILES string of the molecule is CCN1C(=O)C(C)(C(=O)Nc2ccc(Cl)c(Cl)c2)Sc2ccccc21. The lowest BCUT2D eigenvalue weighted by atomic mass is 10.1. The van der Waals surface area contributed by atoms with Crippen molar-refractivity contribution in [1.82, 2.24) is 0 Å². The molecule has 2 amide bonds. The summed E-state index contributed by atoms with van der Waals surface area (Å²) in [6.45, 7) is 4.03. The molecule has 1 atom stereocenters. The van der Waals surface area contributed by atoms with Gasteiger partial charge in [0, 0.05) is 17.1 Å². The van der Waals surface area contributed by atoms with E-state index in [9.17, 15) is 9.59 Å². The average Bonchev–Trinajstić information content (AvgIpc) is 2.59. The molecule has 0 radical (unpaired) electrons. The lowest BCUT2D eigenvalue weighted by molar-refractivity contribution is -0.128. The van der Waals surface area contributed by atoms with Gasteiger partial charge >= 0.3 is 0 Å². The van der Waals surface area contributed by atoms with Crippen LogP contribution in [0.25, 0.3) is 0 Å². The van der Waals surface area contributed by atoms with Crippen LogP contribution in [0, 0.1) is 0 Å². The maximum Gasteiger partial charge on any atom is 0.252 e. The van der Waals surface area contributed by atoms with E-state index in [0.29, 0.717) is 22.3 Å². The summed E-state index contributed by atoms with van der Waals surface area (Å²) >= 11 is 13.2. The van der Waals surface area contributed by atoms with Gasteiger partial charge in [-0.2, -0.15) is 0 Å². The Hall–Kier alpha value is -1.69. The standard InChI is InChI=1S/C18H16Cl2N2O2S/c1-3-22-14-6-4-5-7-15(14)25-18(2,17(22)24)16(23)21-11-8-9-12(19)13(20)10-11/h4-10H,3H2,1-2H3,(H,21,23). The van der Waals surface area contributed by atoms with Gasteiger partial charge in [0.2, 0.25) is 5.91 Å². The van der Waals surface area contributed by atoms with Crippen molar-refractivity contribution in [3.63, 3.8) is 0 Å². The van der Waals surface area contributed by atoms with Gasteiger partial charge in [0.05, 0.1) is 15.7 Å². The molecule has 0 saturated heterocycles. The fraction of sp³-hybridized carbons (Fsp3) is 0.222. The van der Waals surface area contributed by atoms with E-state index >= 15 is 0 Å². The summed E-state index contributed by atoms with van der Waals surface area (Å²) in [5.74, 6) is -0.634. The summed E-state index contributed by atoms with van der Waals surface area (Å²) in [7, 11) is 0. The zero-order valence-electron chi connectivity index (χ0n) is 13.7. The lowest BCUT2D eigenvalue weighted by Crippen LogP contribution is -2.54. The normalized spacial score (nSPS) is 19.5. The van der Waals surface area contributed by atoms with Crippen molar-refractivity contribution in [2.24, 2.45) is 0 Å². The molecule has 0 aromatic heterocycles. The van der Waals surface area contributed by atoms with Gasteiger partial charge in [0.1, 0.15) is 0 Å². The maximum atomic E-state index is 13.0. The van der Waals surface area contributed by atoms with Crippen LogP contribution < -0.4 is 10.2 Å². The van der Waals surface area contributed by atoms with E-state index in [1.807, 2.05) is 31.2 Å². The Morgan fingerprint density at radius 3 is 2.60 bits per heavy atom. The van der Waals surface area contributed by atoms with E-state index in [1.165, 1.54) is 11.8 Å². The minimum absolute atomic E-state index is 0.240. The number of nitrogens with one attached hydrogen (secondary N) is 1. The van der Waals surface area contributed by atoms with E-state index in [4.69, 9.17) is 23.2 Å². The molecule has 25 heavy (non-hydrogen) atoms. The number of carbonyl (C=O) groups is 2. The van der Waals surface area contributed by atoms with Gasteiger partial charge in [-0.05, 0) is 44.2 Å². The average molecular weight is 395 g/mol. The molecule has 2 aromatic rings. The lowest BCUT2D eigenvalue weighted by Gasteiger charge is -2.38. The van der Waals surface area contributed by atoms with Crippen LogP contribution in [0.15, 0.2) is 47.4 Å². The van der Waals surface area contributed by atoms with E-state index in [0.717, 1.165) is 10.6 Å². The Morgan fingerprint density at radius 1 is 1.20 bits per heavy atom. The van der Waals surface area contributed by atoms with Crippen LogP contribution in [0.2, 0.25) is 10.0 Å². The van der Waals surface area contributed by atoms with Crippen LogP contribution in [0.1, 0.15) is 13.8 Å². The number of thioether (sulfide) groups is 1. The number of fused-ring (bicyclic) bond motifs is 1. The first-order valence-electron chi connectivity index (χ1n) is 7.73. The number of anilines is 2. The smallest absolute Gasteiger partial charge is 0.252 e. The Morgan fingerprint density at radius 2 is 1.92 bits per heavy atom. The summed E-state index contributed by atoms with van der Waals surface area (Å²) in [6.07, 6.45) is 0. The van der Waals surface area contributed by atoms with E-state index in [1.54, 1.807) is 30.0 Å². The van der Waals surface area contributed by atoms with Crippen molar-refractivity contribution >= 4 is 58.2 Å². The summed E-state index contributed by atoms with van der Waals surface area (Å²) < 4.78 is -1.27. The summed E-state index contributed by atoms with van der Waals surface area (Å²) in [5.41, 5.74) is 1.33. The molecule has 2 aromatic carbocycles. The third-order valence-corrected chi connectivity index (χ3v) is 6.12. The predicted molar refractivity (Wildman–Crippen MR) is 104 cm³/mol. The van der Waals surface area contributed by atoms with Gasteiger partial charge < -0.3 is 10.2 Å². The first kappa shape index (κ1) is 18.1. The number of carbonyl (C=O) groups excluding carboxylic acids is 2. The Kier molecular flexibility index (Phi) is 5.00. The largest absolute Gasteiger partial charge is 0.324 e. The number of benzene rings is 2. The molecule has 0 aliphatic carbocycles. The molecular weight excluding hydrogens is 379 g/mol. The topological polar surface area (TPSA) is 49.4 Å². The van der Waals surface area contributed by atoms with Gasteiger partial charge in [-0.25, -0.2) is 0 Å². The second-order valence-electron chi connectivity index (χ2n) is 5.74. The number of nitrogens with zero attached hydrogens (tertiary/aromatic N) is 1. The molecule has 0 bridgehead atoms. The summed E-state index contributed by atoms with van der Waals surface area (Å²) in [6, 6.07) is 12.4. The highest BCUT2D eigenvalue weighted by Crippen LogP contribution is 2.45. The summed E-state index contributed by atoms with van der Waals surface area (Å²) in [5, 5.41) is 3.52. The van der Waals surface area contributed by atoms with Gasteiger partial charge in [-0.1, -0.05) is 47.1 Å². The molecule has 1 aliphatic heterocycles. The molecule has 3 rings (SSSR count). The maximum absolute atomic E-state index is 13.0. The highest BCUT2D eigenvalue weighted by Gasteiger charge is 2.48. The van der Waals surface area contributed by atoms with Crippen molar-refractivity contribution in [1.29, 1.82) is 0 Å². The van der Waals surface area contributed by atoms with Crippen molar-refractivity contribution in [3.8, 4) is 0 Å². The molecule has 0 spiro atoms. The molecule has 130 valence electrons. The second kappa shape index (κ2) is 6.90. The van der Waals surface area contributed by atoms with Gasteiger partial charge in [0.25, 0.3) is 5.91 Å².